The Morgan fingerprint density at radius 1 is 1.06 bits per heavy atom. The lowest BCUT2D eigenvalue weighted by molar-refractivity contribution is 0.00486. The average molecular weight is 261 g/mol. The zero-order valence-corrected chi connectivity index (χ0v) is 12.5. The van der Waals surface area contributed by atoms with E-state index in [4.69, 9.17) is 14.2 Å². The highest BCUT2D eigenvalue weighted by Gasteiger charge is 2.17. The minimum atomic E-state index is 0.314. The van der Waals surface area contributed by atoms with Gasteiger partial charge in [0.2, 0.25) is 0 Å². The summed E-state index contributed by atoms with van der Waals surface area (Å²) >= 11 is 0. The molecule has 4 nitrogen and oxygen atoms in total. The highest BCUT2D eigenvalue weighted by atomic mass is 16.5. The van der Waals surface area contributed by atoms with E-state index in [0.29, 0.717) is 25.4 Å². The molecule has 2 atom stereocenters. The zero-order valence-electron chi connectivity index (χ0n) is 12.5. The summed E-state index contributed by atoms with van der Waals surface area (Å²) in [6, 6.07) is 0.467. The molecular weight excluding hydrogens is 230 g/mol. The maximum Gasteiger partial charge on any atom is 0.0725 e. The van der Waals surface area contributed by atoms with Crippen LogP contribution in [0.3, 0.4) is 0 Å². The molecule has 0 fully saturated rings. The van der Waals surface area contributed by atoms with Crippen LogP contribution in [0, 0.1) is 0 Å². The lowest BCUT2D eigenvalue weighted by atomic mass is 10.0. The summed E-state index contributed by atoms with van der Waals surface area (Å²) in [5.74, 6) is 0. The Morgan fingerprint density at radius 3 is 2.39 bits per heavy atom. The standard InChI is InChI=1S/C14H31NO3/c1-5-8-13(15-3)14(6-2)18-10-7-9-17-12-11-16-4/h13-15H,5-12H2,1-4H3. The largest absolute Gasteiger partial charge is 0.382 e. The van der Waals surface area contributed by atoms with Crippen molar-refractivity contribution in [2.24, 2.45) is 0 Å². The van der Waals surface area contributed by atoms with Crippen molar-refractivity contribution in [3.8, 4) is 0 Å². The average Bonchev–Trinajstić information content (AvgIpc) is 2.40. The first-order valence-corrected chi connectivity index (χ1v) is 7.15. The van der Waals surface area contributed by atoms with E-state index in [1.54, 1.807) is 7.11 Å². The molecule has 2 unspecified atom stereocenters. The van der Waals surface area contributed by atoms with Crippen LogP contribution in [0.5, 0.6) is 0 Å². The lowest BCUT2D eigenvalue weighted by Gasteiger charge is -2.26. The minimum Gasteiger partial charge on any atom is -0.382 e. The second-order valence-electron chi connectivity index (χ2n) is 4.46. The first-order chi connectivity index (χ1) is 8.79. The van der Waals surface area contributed by atoms with Crippen LogP contribution in [0.1, 0.15) is 39.5 Å². The maximum absolute atomic E-state index is 5.93. The van der Waals surface area contributed by atoms with Gasteiger partial charge in [-0.1, -0.05) is 20.3 Å². The van der Waals surface area contributed by atoms with Gasteiger partial charge >= 0.3 is 0 Å². The fraction of sp³-hybridized carbons (Fsp3) is 1.00. The highest BCUT2D eigenvalue weighted by molar-refractivity contribution is 4.74. The van der Waals surface area contributed by atoms with E-state index < -0.39 is 0 Å². The Morgan fingerprint density at radius 2 is 1.83 bits per heavy atom. The lowest BCUT2D eigenvalue weighted by Crippen LogP contribution is -2.39. The molecule has 0 spiro atoms. The van der Waals surface area contributed by atoms with E-state index in [1.165, 1.54) is 12.8 Å². The van der Waals surface area contributed by atoms with Crippen molar-refractivity contribution in [3.63, 3.8) is 0 Å². The molecule has 0 radical (unpaired) electrons. The van der Waals surface area contributed by atoms with Crippen LogP contribution in [0.15, 0.2) is 0 Å². The summed E-state index contributed by atoms with van der Waals surface area (Å²) < 4.78 is 16.2. The first kappa shape index (κ1) is 17.8. The van der Waals surface area contributed by atoms with Gasteiger partial charge in [-0.15, -0.1) is 0 Å². The Labute approximate surface area is 112 Å². The number of ether oxygens (including phenoxy) is 3. The Kier molecular flexibility index (Phi) is 13.2. The molecule has 0 rings (SSSR count). The third-order valence-corrected chi connectivity index (χ3v) is 3.02. The quantitative estimate of drug-likeness (QED) is 0.516. The SMILES string of the molecule is CCCC(NC)C(CC)OCCCOCCOC. The molecule has 4 heteroatoms. The molecule has 110 valence electrons. The second-order valence-corrected chi connectivity index (χ2v) is 4.46. The van der Waals surface area contributed by atoms with Gasteiger partial charge in [-0.3, -0.25) is 0 Å². The molecule has 0 heterocycles. The van der Waals surface area contributed by atoms with Gasteiger partial charge in [0.1, 0.15) is 0 Å². The van der Waals surface area contributed by atoms with Crippen molar-refractivity contribution >= 4 is 0 Å². The zero-order chi connectivity index (χ0) is 13.6. The predicted molar refractivity (Wildman–Crippen MR) is 75.1 cm³/mol. The summed E-state index contributed by atoms with van der Waals surface area (Å²) in [6.07, 6.45) is 4.66. The molecule has 18 heavy (non-hydrogen) atoms. The Balaban J connectivity index is 3.59. The molecule has 0 aromatic carbocycles. The molecule has 0 aliphatic rings. The van der Waals surface area contributed by atoms with Gasteiger partial charge in [-0.2, -0.15) is 0 Å². The van der Waals surface area contributed by atoms with E-state index in [-0.39, 0.29) is 0 Å². The maximum atomic E-state index is 5.93. The summed E-state index contributed by atoms with van der Waals surface area (Å²) in [5.41, 5.74) is 0. The molecular formula is C14H31NO3. The predicted octanol–water partition coefficient (Wildman–Crippen LogP) is 2.22. The van der Waals surface area contributed by atoms with Crippen molar-refractivity contribution in [2.75, 3.05) is 40.6 Å². The van der Waals surface area contributed by atoms with Crippen molar-refractivity contribution in [3.05, 3.63) is 0 Å². The summed E-state index contributed by atoms with van der Waals surface area (Å²) in [5, 5.41) is 3.35. The van der Waals surface area contributed by atoms with Gasteiger partial charge < -0.3 is 19.5 Å². The summed E-state index contributed by atoms with van der Waals surface area (Å²) in [7, 11) is 3.70. The van der Waals surface area contributed by atoms with Crippen molar-refractivity contribution in [2.45, 2.75) is 51.7 Å². The van der Waals surface area contributed by atoms with Gasteiger partial charge in [-0.05, 0) is 26.3 Å². The molecule has 0 amide bonds. The number of rotatable bonds is 13. The number of nitrogens with one attached hydrogen (secondary N) is 1. The van der Waals surface area contributed by atoms with E-state index >= 15 is 0 Å². The van der Waals surface area contributed by atoms with E-state index in [2.05, 4.69) is 19.2 Å². The van der Waals surface area contributed by atoms with Crippen molar-refractivity contribution in [1.82, 2.24) is 5.32 Å². The van der Waals surface area contributed by atoms with Gasteiger partial charge in [0, 0.05) is 26.4 Å². The van der Waals surface area contributed by atoms with Gasteiger partial charge in [-0.25, -0.2) is 0 Å². The Hall–Kier alpha value is -0.160. The second kappa shape index (κ2) is 13.3. The number of methoxy groups -OCH3 is 1. The molecule has 0 aromatic rings. The van der Waals surface area contributed by atoms with Crippen LogP contribution in [0.2, 0.25) is 0 Å². The molecule has 0 saturated carbocycles. The fourth-order valence-electron chi connectivity index (χ4n) is 1.99. The molecule has 0 aliphatic heterocycles. The van der Waals surface area contributed by atoms with Crippen LogP contribution in [0.25, 0.3) is 0 Å². The van der Waals surface area contributed by atoms with E-state index in [9.17, 15) is 0 Å². The topological polar surface area (TPSA) is 39.7 Å². The minimum absolute atomic E-state index is 0.314. The first-order valence-electron chi connectivity index (χ1n) is 7.15. The summed E-state index contributed by atoms with van der Waals surface area (Å²) in [6.45, 7) is 7.24. The van der Waals surface area contributed by atoms with Crippen LogP contribution in [-0.2, 0) is 14.2 Å². The number of hydrogen-bond acceptors (Lipinski definition) is 4. The Bertz CT molecular complexity index is 167. The van der Waals surface area contributed by atoms with E-state index in [1.807, 2.05) is 7.05 Å². The molecule has 1 N–H and O–H groups in total. The molecule has 0 aromatic heterocycles. The normalized spacial score (nSPS) is 14.7. The molecule has 0 saturated heterocycles. The van der Waals surface area contributed by atoms with Crippen LogP contribution in [0.4, 0.5) is 0 Å². The van der Waals surface area contributed by atoms with Gasteiger partial charge in [0.25, 0.3) is 0 Å². The monoisotopic (exact) mass is 261 g/mol. The van der Waals surface area contributed by atoms with E-state index in [0.717, 1.165) is 26.1 Å². The third-order valence-electron chi connectivity index (χ3n) is 3.02. The van der Waals surface area contributed by atoms with Gasteiger partial charge in [0.15, 0.2) is 0 Å². The fourth-order valence-corrected chi connectivity index (χ4v) is 1.99. The van der Waals surface area contributed by atoms with Crippen LogP contribution in [-0.4, -0.2) is 52.7 Å². The van der Waals surface area contributed by atoms with Gasteiger partial charge in [0.05, 0.1) is 19.3 Å². The molecule has 0 bridgehead atoms. The van der Waals surface area contributed by atoms with Crippen LogP contribution < -0.4 is 5.32 Å². The molecule has 0 aliphatic carbocycles. The summed E-state index contributed by atoms with van der Waals surface area (Å²) in [4.78, 5) is 0. The van der Waals surface area contributed by atoms with Crippen LogP contribution >= 0.6 is 0 Å². The number of hydrogen-bond donors (Lipinski definition) is 1. The van der Waals surface area contributed by atoms with Crippen molar-refractivity contribution < 1.29 is 14.2 Å². The highest BCUT2D eigenvalue weighted by Crippen LogP contribution is 2.10. The third kappa shape index (κ3) is 8.86. The number of likely N-dealkylation sites (N-methyl/N-ethyl adjacent to an activating group) is 1. The smallest absolute Gasteiger partial charge is 0.0725 e. The van der Waals surface area contributed by atoms with Crippen molar-refractivity contribution in [1.29, 1.82) is 0 Å².